The van der Waals surface area contributed by atoms with Crippen LogP contribution in [0.25, 0.3) is 5.69 Å². The minimum atomic E-state index is -3.55. The summed E-state index contributed by atoms with van der Waals surface area (Å²) < 4.78 is 34.4. The molecule has 1 aliphatic heterocycles. The Morgan fingerprint density at radius 3 is 2.52 bits per heavy atom. The normalized spacial score (nSPS) is 17.1. The van der Waals surface area contributed by atoms with Gasteiger partial charge in [0.15, 0.2) is 5.11 Å². The zero-order valence-corrected chi connectivity index (χ0v) is 25.2. The SMILES string of the molecule is COc1ccc(N2C(=S)N[C@@H](c3ccccn3)[C@@H]2c2cc(C)n(-c3cc(Cl)ccc3C)c2C)cc1NS(C)(=O)=O. The highest BCUT2D eigenvalue weighted by atomic mass is 35.5. The molecule has 2 aromatic heterocycles. The van der Waals surface area contributed by atoms with Gasteiger partial charge in [0.05, 0.1) is 36.8 Å². The van der Waals surface area contributed by atoms with Crippen molar-refractivity contribution in [1.29, 1.82) is 0 Å². The summed E-state index contributed by atoms with van der Waals surface area (Å²) in [4.78, 5) is 6.66. The number of aromatic nitrogens is 2. The van der Waals surface area contributed by atoms with E-state index < -0.39 is 10.0 Å². The van der Waals surface area contributed by atoms with Crippen LogP contribution in [0.3, 0.4) is 0 Å². The van der Waals surface area contributed by atoms with E-state index in [1.807, 2.05) is 47.4 Å². The van der Waals surface area contributed by atoms with E-state index in [1.165, 1.54) is 7.11 Å². The summed E-state index contributed by atoms with van der Waals surface area (Å²) in [6, 6.07) is 18.6. The Hall–Kier alpha value is -3.60. The van der Waals surface area contributed by atoms with Crippen LogP contribution in [-0.4, -0.2) is 36.4 Å². The lowest BCUT2D eigenvalue weighted by Crippen LogP contribution is -2.29. The van der Waals surface area contributed by atoms with Crippen LogP contribution in [0.15, 0.2) is 66.9 Å². The van der Waals surface area contributed by atoms with E-state index in [4.69, 9.17) is 28.6 Å². The Bertz CT molecular complexity index is 1710. The molecule has 2 N–H and O–H groups in total. The molecule has 0 radical (unpaired) electrons. The van der Waals surface area contributed by atoms with Crippen molar-refractivity contribution in [3.63, 3.8) is 0 Å². The molecule has 1 saturated heterocycles. The van der Waals surface area contributed by atoms with Gasteiger partial charge >= 0.3 is 0 Å². The molecule has 1 fully saturated rings. The lowest BCUT2D eigenvalue weighted by Gasteiger charge is -2.29. The number of halogens is 1. The van der Waals surface area contributed by atoms with Crippen molar-refractivity contribution in [2.75, 3.05) is 23.0 Å². The Kier molecular flexibility index (Phi) is 7.52. The Morgan fingerprint density at radius 2 is 1.85 bits per heavy atom. The molecule has 8 nitrogen and oxygen atoms in total. The van der Waals surface area contributed by atoms with Gasteiger partial charge in [-0.2, -0.15) is 0 Å². The number of hydrogen-bond acceptors (Lipinski definition) is 5. The number of thiocarbonyl (C=S) groups is 1. The highest BCUT2D eigenvalue weighted by Gasteiger charge is 2.42. The number of hydrogen-bond donors (Lipinski definition) is 2. The van der Waals surface area contributed by atoms with Gasteiger partial charge in [-0.15, -0.1) is 0 Å². The fraction of sp³-hybridized carbons (Fsp3) is 0.241. The molecule has 40 heavy (non-hydrogen) atoms. The third kappa shape index (κ3) is 5.26. The maximum Gasteiger partial charge on any atom is 0.229 e. The second-order valence-electron chi connectivity index (χ2n) is 9.85. The smallest absolute Gasteiger partial charge is 0.229 e. The average molecular weight is 596 g/mol. The highest BCUT2D eigenvalue weighted by molar-refractivity contribution is 7.92. The number of ether oxygens (including phenoxy) is 1. The van der Waals surface area contributed by atoms with Crippen LogP contribution in [0.4, 0.5) is 11.4 Å². The molecule has 11 heteroatoms. The predicted molar refractivity (Wildman–Crippen MR) is 164 cm³/mol. The van der Waals surface area contributed by atoms with E-state index in [-0.39, 0.29) is 12.1 Å². The molecule has 0 saturated carbocycles. The van der Waals surface area contributed by atoms with Crippen molar-refractivity contribution < 1.29 is 13.2 Å². The largest absolute Gasteiger partial charge is 0.495 e. The van der Waals surface area contributed by atoms with Crippen LogP contribution in [0.1, 0.15) is 40.3 Å². The monoisotopic (exact) mass is 595 g/mol. The summed E-state index contributed by atoms with van der Waals surface area (Å²) in [5, 5.41) is 4.64. The summed E-state index contributed by atoms with van der Waals surface area (Å²) in [7, 11) is -2.05. The molecule has 208 valence electrons. The van der Waals surface area contributed by atoms with E-state index in [9.17, 15) is 8.42 Å². The average Bonchev–Trinajstić information content (AvgIpc) is 3.40. The number of methoxy groups -OCH3 is 1. The minimum absolute atomic E-state index is 0.267. The van der Waals surface area contributed by atoms with E-state index in [2.05, 4.69) is 46.4 Å². The van der Waals surface area contributed by atoms with Crippen molar-refractivity contribution in [2.45, 2.75) is 32.9 Å². The number of sulfonamides is 1. The number of rotatable bonds is 7. The molecule has 0 amide bonds. The van der Waals surface area contributed by atoms with Gasteiger partial charge in [0, 0.05) is 34.0 Å². The van der Waals surface area contributed by atoms with E-state index in [1.54, 1.807) is 18.3 Å². The standard InChI is InChI=1S/C29H30ClN5O3S2/c1-17-9-10-20(30)15-25(17)34-18(2)14-22(19(34)3)28-27(23-8-6-7-13-31-23)32-29(39)35(28)21-11-12-26(38-4)24(16-21)33-40(5,36)37/h6-16,27-28,33H,1-5H3,(H,32,39)/t27-,28-/m0/s1. The minimum Gasteiger partial charge on any atom is -0.495 e. The first-order valence-electron chi connectivity index (χ1n) is 12.6. The predicted octanol–water partition coefficient (Wildman–Crippen LogP) is 6.01. The molecule has 0 spiro atoms. The van der Waals surface area contributed by atoms with Gasteiger partial charge in [0.1, 0.15) is 5.75 Å². The van der Waals surface area contributed by atoms with Crippen LogP contribution in [-0.2, 0) is 10.0 Å². The van der Waals surface area contributed by atoms with Crippen molar-refractivity contribution >= 4 is 50.3 Å². The fourth-order valence-electron chi connectivity index (χ4n) is 5.36. The maximum atomic E-state index is 12.1. The quantitative estimate of drug-likeness (QED) is 0.253. The second-order valence-corrected chi connectivity index (χ2v) is 12.4. The second kappa shape index (κ2) is 10.8. The van der Waals surface area contributed by atoms with Crippen LogP contribution >= 0.6 is 23.8 Å². The topological polar surface area (TPSA) is 88.5 Å². The summed E-state index contributed by atoms with van der Waals surface area (Å²) >= 11 is 12.3. The van der Waals surface area contributed by atoms with Crippen LogP contribution in [0.2, 0.25) is 5.02 Å². The third-order valence-corrected chi connectivity index (χ3v) is 8.20. The number of nitrogens with one attached hydrogen (secondary N) is 2. The highest BCUT2D eigenvalue weighted by Crippen LogP contribution is 2.45. The lowest BCUT2D eigenvalue weighted by atomic mass is 9.96. The molecule has 3 heterocycles. The number of anilines is 2. The van der Waals surface area contributed by atoms with Gasteiger partial charge in [0.25, 0.3) is 0 Å². The molecule has 2 atom stereocenters. The van der Waals surface area contributed by atoms with Gasteiger partial charge in [-0.3, -0.25) is 9.71 Å². The first kappa shape index (κ1) is 27.9. The van der Waals surface area contributed by atoms with Crippen molar-refractivity contribution in [3.05, 3.63) is 100 Å². The van der Waals surface area contributed by atoms with Crippen LogP contribution in [0, 0.1) is 20.8 Å². The van der Waals surface area contributed by atoms with Gasteiger partial charge in [-0.1, -0.05) is 23.7 Å². The van der Waals surface area contributed by atoms with Gasteiger partial charge < -0.3 is 19.5 Å². The summed E-state index contributed by atoms with van der Waals surface area (Å²) in [6.45, 7) is 6.22. The Labute approximate surface area is 245 Å². The zero-order chi connectivity index (χ0) is 28.8. The molecule has 0 unspecified atom stereocenters. The fourth-order valence-corrected chi connectivity index (χ4v) is 6.43. The van der Waals surface area contributed by atoms with Gasteiger partial charge in [-0.05, 0) is 92.6 Å². The first-order chi connectivity index (χ1) is 19.0. The molecule has 5 rings (SSSR count). The van der Waals surface area contributed by atoms with Crippen molar-refractivity contribution in [1.82, 2.24) is 14.9 Å². The van der Waals surface area contributed by atoms with Crippen molar-refractivity contribution in [3.8, 4) is 11.4 Å². The van der Waals surface area contributed by atoms with Crippen LogP contribution < -0.4 is 19.7 Å². The molecule has 4 aromatic rings. The summed E-state index contributed by atoms with van der Waals surface area (Å²) in [6.07, 6.45) is 2.87. The van der Waals surface area contributed by atoms with Gasteiger partial charge in [0.2, 0.25) is 10.0 Å². The van der Waals surface area contributed by atoms with Gasteiger partial charge in [-0.25, -0.2) is 8.42 Å². The van der Waals surface area contributed by atoms with Crippen LogP contribution in [0.5, 0.6) is 5.75 Å². The molecule has 0 aliphatic carbocycles. The van der Waals surface area contributed by atoms with Crippen molar-refractivity contribution in [2.24, 2.45) is 0 Å². The number of aryl methyl sites for hydroxylation is 2. The Balaban J connectivity index is 1.70. The molecular formula is C29H30ClN5O3S2. The first-order valence-corrected chi connectivity index (χ1v) is 15.3. The lowest BCUT2D eigenvalue weighted by molar-refractivity contribution is 0.417. The van der Waals surface area contributed by atoms with E-state index >= 15 is 0 Å². The third-order valence-electron chi connectivity index (χ3n) is 7.06. The zero-order valence-electron chi connectivity index (χ0n) is 22.8. The summed E-state index contributed by atoms with van der Waals surface area (Å²) in [5.74, 6) is 0.402. The van der Waals surface area contributed by atoms with E-state index in [0.717, 1.165) is 40.2 Å². The molecule has 1 aliphatic rings. The number of benzene rings is 2. The molecule has 0 bridgehead atoms. The molecular weight excluding hydrogens is 566 g/mol. The Morgan fingerprint density at radius 1 is 1.07 bits per heavy atom. The molecule has 2 aromatic carbocycles. The summed E-state index contributed by atoms with van der Waals surface area (Å²) in [5.41, 5.74) is 7.10. The van der Waals surface area contributed by atoms with E-state index in [0.29, 0.717) is 27.3 Å². The maximum absolute atomic E-state index is 12.1. The number of nitrogens with zero attached hydrogens (tertiary/aromatic N) is 3. The number of pyridine rings is 1.